The third kappa shape index (κ3) is 7.38. The van der Waals surface area contributed by atoms with Gasteiger partial charge in [0, 0.05) is 27.3 Å². The highest BCUT2D eigenvalue weighted by atomic mass is 35.5. The maximum Gasteiger partial charge on any atom is 0.236 e. The van der Waals surface area contributed by atoms with Gasteiger partial charge in [0.2, 0.25) is 5.91 Å². The van der Waals surface area contributed by atoms with Gasteiger partial charge in [0.25, 0.3) is 0 Å². The lowest BCUT2D eigenvalue weighted by Crippen LogP contribution is -2.28. The Hall–Kier alpha value is -3.44. The van der Waals surface area contributed by atoms with Crippen molar-refractivity contribution >= 4 is 35.3 Å². The maximum absolute atomic E-state index is 13.5. The minimum Gasteiger partial charge on any atom is -0.487 e. The summed E-state index contributed by atoms with van der Waals surface area (Å²) in [6.07, 6.45) is 3.66. The molecule has 3 aromatic carbocycles. The van der Waals surface area contributed by atoms with Gasteiger partial charge in [-0.15, -0.1) is 0 Å². The van der Waals surface area contributed by atoms with Gasteiger partial charge in [-0.25, -0.2) is 9.29 Å². The summed E-state index contributed by atoms with van der Waals surface area (Å²) in [6.45, 7) is 1.58. The zero-order valence-electron chi connectivity index (χ0n) is 23.6. The smallest absolute Gasteiger partial charge is 0.236 e. The maximum atomic E-state index is 13.5. The Balaban J connectivity index is 0.00000212. The van der Waals surface area contributed by atoms with Crippen LogP contribution in [0.2, 0.25) is 5.02 Å². The molecular formula is C33H42ClN3O5S. The molecule has 43 heavy (non-hydrogen) atoms. The number of anilines is 1. The molecule has 1 aliphatic heterocycles. The minimum absolute atomic E-state index is 0. The van der Waals surface area contributed by atoms with E-state index in [1.807, 2.05) is 72.8 Å². The molecule has 1 aromatic heterocycles. The van der Waals surface area contributed by atoms with E-state index in [1.54, 1.807) is 18.0 Å². The number of carbonyl (C=O) groups is 1. The lowest BCUT2D eigenvalue weighted by Gasteiger charge is -2.21. The first kappa shape index (κ1) is 32.5. The highest BCUT2D eigenvalue weighted by Gasteiger charge is 2.51. The molecule has 1 aliphatic carbocycles. The molecule has 8 nitrogen and oxygen atoms in total. The number of aliphatic hydroxyl groups is 1. The molecule has 0 bridgehead atoms. The summed E-state index contributed by atoms with van der Waals surface area (Å²) in [4.78, 5) is 19.4. The number of hydrogen-bond donors (Lipinski definition) is 2. The van der Waals surface area contributed by atoms with E-state index in [0.717, 1.165) is 59.5 Å². The van der Waals surface area contributed by atoms with Gasteiger partial charge in [-0.05, 0) is 85.2 Å². The number of amides is 1. The Morgan fingerprint density at radius 2 is 1.81 bits per heavy atom. The Morgan fingerprint density at radius 3 is 2.53 bits per heavy atom. The van der Waals surface area contributed by atoms with Crippen molar-refractivity contribution in [3.05, 3.63) is 107 Å². The number of nitrogens with one attached hydrogen (secondary N) is 1. The lowest BCUT2D eigenvalue weighted by molar-refractivity contribution is -0.118. The SMILES string of the molecule is O.O.O=C(Nc1cccc(-c2ccc(SN3CCC[C@@H]3CO)cc2)n1)C1(c2ccc(Cl)c(OCc3ccccc3)c2)CC1.[HH].[HH].[HH]. The van der Waals surface area contributed by atoms with Crippen LogP contribution in [0.25, 0.3) is 11.3 Å². The number of aliphatic hydroxyl groups excluding tert-OH is 1. The standard InChI is InChI=1S/C33H32ClN3O3S.2H2O.3H2/c34-28-16-13-25(20-30(28)40-22-23-6-2-1-3-7-23)33(17-18-33)32(39)36-31-10-4-9-29(35-31)24-11-14-27(15-12-24)41-37-19-5-8-26(37)21-38;;;;;/h1-4,6-7,9-16,20,26,38H,5,8,17-19,21-22H2,(H,35,36,39);2*1H2;3*1H/t26-;;;;;/m1...../s1. The fourth-order valence-electron chi connectivity index (χ4n) is 5.25. The summed E-state index contributed by atoms with van der Waals surface area (Å²) in [6, 6.07) is 29.7. The van der Waals surface area contributed by atoms with E-state index in [0.29, 0.717) is 23.2 Å². The summed E-state index contributed by atoms with van der Waals surface area (Å²) in [5.74, 6) is 1.02. The van der Waals surface area contributed by atoms with Crippen molar-refractivity contribution in [2.24, 2.45) is 0 Å². The zero-order valence-corrected chi connectivity index (χ0v) is 25.2. The molecule has 4 aromatic rings. The molecule has 232 valence electrons. The molecule has 2 fully saturated rings. The molecule has 0 spiro atoms. The molecule has 1 amide bonds. The highest BCUT2D eigenvalue weighted by molar-refractivity contribution is 7.97. The molecule has 1 saturated heterocycles. The van der Waals surface area contributed by atoms with Gasteiger partial charge in [0.1, 0.15) is 18.2 Å². The van der Waals surface area contributed by atoms with Crippen molar-refractivity contribution in [1.29, 1.82) is 0 Å². The normalized spacial score (nSPS) is 16.9. The fraction of sp³-hybridized carbons (Fsp3) is 0.273. The highest BCUT2D eigenvalue weighted by Crippen LogP contribution is 2.50. The van der Waals surface area contributed by atoms with Crippen molar-refractivity contribution in [2.45, 2.75) is 48.6 Å². The molecule has 0 unspecified atom stereocenters. The van der Waals surface area contributed by atoms with Crippen LogP contribution in [0.3, 0.4) is 0 Å². The number of benzene rings is 3. The van der Waals surface area contributed by atoms with Crippen LogP contribution in [0.15, 0.2) is 95.9 Å². The van der Waals surface area contributed by atoms with Gasteiger partial charge in [0.05, 0.1) is 22.7 Å². The van der Waals surface area contributed by atoms with Gasteiger partial charge < -0.3 is 26.1 Å². The second kappa shape index (κ2) is 14.4. The van der Waals surface area contributed by atoms with Gasteiger partial charge in [-0.1, -0.05) is 66.2 Å². The molecule has 2 heterocycles. The van der Waals surface area contributed by atoms with E-state index in [9.17, 15) is 9.90 Å². The number of ether oxygens (including phenoxy) is 1. The molecular weight excluding hydrogens is 586 g/mol. The first-order chi connectivity index (χ1) is 20.0. The van der Waals surface area contributed by atoms with Crippen LogP contribution in [0, 0.1) is 0 Å². The Kier molecular flexibility index (Phi) is 10.8. The third-order valence-electron chi connectivity index (χ3n) is 7.80. The summed E-state index contributed by atoms with van der Waals surface area (Å²) in [5, 5.41) is 13.2. The number of carbonyl (C=O) groups excluding carboxylic acids is 1. The van der Waals surface area contributed by atoms with Gasteiger partial charge in [0.15, 0.2) is 0 Å². The number of pyridine rings is 1. The minimum atomic E-state index is -0.617. The summed E-state index contributed by atoms with van der Waals surface area (Å²) >= 11 is 8.12. The summed E-state index contributed by atoms with van der Waals surface area (Å²) in [7, 11) is 0. The predicted molar refractivity (Wildman–Crippen MR) is 178 cm³/mol. The van der Waals surface area contributed by atoms with Crippen molar-refractivity contribution < 1.29 is 29.9 Å². The van der Waals surface area contributed by atoms with Crippen molar-refractivity contribution in [3.8, 4) is 17.0 Å². The van der Waals surface area contributed by atoms with E-state index < -0.39 is 5.41 Å². The quantitative estimate of drug-likeness (QED) is 0.201. The van der Waals surface area contributed by atoms with Crippen LogP contribution in [-0.4, -0.2) is 50.4 Å². The largest absolute Gasteiger partial charge is 0.487 e. The van der Waals surface area contributed by atoms with Crippen LogP contribution < -0.4 is 10.1 Å². The molecule has 6 rings (SSSR count). The van der Waals surface area contributed by atoms with Crippen molar-refractivity contribution in [3.63, 3.8) is 0 Å². The Morgan fingerprint density at radius 1 is 1.05 bits per heavy atom. The van der Waals surface area contributed by atoms with E-state index in [4.69, 9.17) is 21.3 Å². The second-order valence-corrected chi connectivity index (χ2v) is 12.1. The summed E-state index contributed by atoms with van der Waals surface area (Å²) < 4.78 is 8.27. The van der Waals surface area contributed by atoms with E-state index >= 15 is 0 Å². The second-order valence-electron chi connectivity index (χ2n) is 10.6. The van der Waals surface area contributed by atoms with Gasteiger partial charge in [-0.3, -0.25) is 4.79 Å². The third-order valence-corrected chi connectivity index (χ3v) is 9.31. The zero-order chi connectivity index (χ0) is 28.2. The number of hydrogen-bond acceptors (Lipinski definition) is 6. The van der Waals surface area contributed by atoms with E-state index in [2.05, 4.69) is 21.8 Å². The summed E-state index contributed by atoms with van der Waals surface area (Å²) in [5.41, 5.74) is 3.10. The Bertz CT molecular complexity index is 1530. The van der Waals surface area contributed by atoms with Crippen LogP contribution in [0.5, 0.6) is 5.75 Å². The number of aromatic nitrogens is 1. The molecule has 6 N–H and O–H groups in total. The van der Waals surface area contributed by atoms with Crippen LogP contribution in [-0.2, 0) is 16.8 Å². The molecule has 10 heteroatoms. The molecule has 1 saturated carbocycles. The average Bonchev–Trinajstić information content (AvgIpc) is 3.70. The average molecular weight is 628 g/mol. The predicted octanol–water partition coefficient (Wildman–Crippen LogP) is 6.20. The topological polar surface area (TPSA) is 138 Å². The van der Waals surface area contributed by atoms with E-state index in [-0.39, 0.29) is 33.8 Å². The first-order valence-corrected chi connectivity index (χ1v) is 15.1. The van der Waals surface area contributed by atoms with Crippen molar-refractivity contribution in [1.82, 2.24) is 9.29 Å². The van der Waals surface area contributed by atoms with E-state index in [1.165, 1.54) is 0 Å². The number of halogens is 1. The van der Waals surface area contributed by atoms with Crippen LogP contribution in [0.4, 0.5) is 5.82 Å². The van der Waals surface area contributed by atoms with Gasteiger partial charge in [-0.2, -0.15) is 0 Å². The lowest BCUT2D eigenvalue weighted by atomic mass is 9.94. The van der Waals surface area contributed by atoms with Crippen molar-refractivity contribution in [2.75, 3.05) is 18.5 Å². The molecule has 1 atom stereocenters. The van der Waals surface area contributed by atoms with Gasteiger partial charge >= 0.3 is 0 Å². The van der Waals surface area contributed by atoms with Crippen LogP contribution >= 0.6 is 23.5 Å². The first-order valence-electron chi connectivity index (χ1n) is 14.0. The monoisotopic (exact) mass is 627 g/mol. The number of nitrogens with zero attached hydrogens (tertiary/aromatic N) is 2. The number of rotatable bonds is 10. The Labute approximate surface area is 265 Å². The molecule has 2 aliphatic rings. The molecule has 0 radical (unpaired) electrons. The van der Waals surface area contributed by atoms with Crippen LogP contribution in [0.1, 0.15) is 41.1 Å². The fourth-order valence-corrected chi connectivity index (χ4v) is 6.50.